The van der Waals surface area contributed by atoms with Crippen LogP contribution in [0.5, 0.6) is 0 Å². The van der Waals surface area contributed by atoms with E-state index in [1.165, 1.54) is 0 Å². The lowest BCUT2D eigenvalue weighted by molar-refractivity contribution is 0.139. The third kappa shape index (κ3) is 6.38. The maximum Gasteiger partial charge on any atom is 0.407 e. The zero-order valence-corrected chi connectivity index (χ0v) is 14.0. The summed E-state index contributed by atoms with van der Waals surface area (Å²) in [6.45, 7) is 1.45. The summed E-state index contributed by atoms with van der Waals surface area (Å²) in [6.07, 6.45) is 0.318. The number of nitrogens with one attached hydrogen (secondary N) is 2. The van der Waals surface area contributed by atoms with Gasteiger partial charge in [0.15, 0.2) is 0 Å². The van der Waals surface area contributed by atoms with Gasteiger partial charge in [-0.3, -0.25) is 0 Å². The SMILES string of the molecule is O=C(NCCCNc1cc(Cl)ccc1Cl)OCc1ccccc1. The molecular weight excluding hydrogens is 335 g/mol. The monoisotopic (exact) mass is 352 g/mol. The van der Waals surface area contributed by atoms with E-state index in [4.69, 9.17) is 27.9 Å². The second-order valence-electron chi connectivity index (χ2n) is 4.89. The Morgan fingerprint density at radius 2 is 1.83 bits per heavy atom. The lowest BCUT2D eigenvalue weighted by atomic mass is 10.2. The molecule has 122 valence electrons. The van der Waals surface area contributed by atoms with Gasteiger partial charge in [-0.2, -0.15) is 0 Å². The molecule has 2 rings (SSSR count). The van der Waals surface area contributed by atoms with Gasteiger partial charge in [-0.1, -0.05) is 53.5 Å². The van der Waals surface area contributed by atoms with Crippen molar-refractivity contribution in [2.45, 2.75) is 13.0 Å². The minimum absolute atomic E-state index is 0.267. The molecule has 0 heterocycles. The van der Waals surface area contributed by atoms with Crippen LogP contribution in [0.2, 0.25) is 10.0 Å². The summed E-state index contributed by atoms with van der Waals surface area (Å²) >= 11 is 12.0. The molecule has 0 aliphatic heterocycles. The summed E-state index contributed by atoms with van der Waals surface area (Å²) < 4.78 is 5.12. The van der Waals surface area contributed by atoms with Crippen molar-refractivity contribution in [3.63, 3.8) is 0 Å². The molecule has 0 aliphatic carbocycles. The van der Waals surface area contributed by atoms with Gasteiger partial charge in [-0.05, 0) is 30.2 Å². The zero-order valence-electron chi connectivity index (χ0n) is 12.5. The molecule has 0 fully saturated rings. The number of hydrogen-bond donors (Lipinski definition) is 2. The number of halogens is 2. The third-order valence-electron chi connectivity index (χ3n) is 3.08. The highest BCUT2D eigenvalue weighted by atomic mass is 35.5. The van der Waals surface area contributed by atoms with Crippen LogP contribution in [-0.4, -0.2) is 19.2 Å². The topological polar surface area (TPSA) is 50.4 Å². The van der Waals surface area contributed by atoms with Gasteiger partial charge < -0.3 is 15.4 Å². The van der Waals surface area contributed by atoms with Gasteiger partial charge in [0, 0.05) is 18.1 Å². The first-order valence-electron chi connectivity index (χ1n) is 7.28. The summed E-state index contributed by atoms with van der Waals surface area (Å²) in [5, 5.41) is 7.12. The first-order valence-corrected chi connectivity index (χ1v) is 8.04. The van der Waals surface area contributed by atoms with Crippen molar-refractivity contribution < 1.29 is 9.53 Å². The molecule has 0 bridgehead atoms. The third-order valence-corrected chi connectivity index (χ3v) is 3.64. The van der Waals surface area contributed by atoms with Crippen molar-refractivity contribution in [2.24, 2.45) is 0 Å². The van der Waals surface area contributed by atoms with E-state index in [2.05, 4.69) is 10.6 Å². The predicted molar refractivity (Wildman–Crippen MR) is 94.2 cm³/mol. The van der Waals surface area contributed by atoms with E-state index in [0.717, 1.165) is 17.7 Å². The second kappa shape index (κ2) is 9.28. The number of rotatable bonds is 7. The molecule has 0 aromatic heterocycles. The molecule has 0 radical (unpaired) electrons. The molecule has 1 amide bonds. The molecule has 4 nitrogen and oxygen atoms in total. The van der Waals surface area contributed by atoms with Crippen LogP contribution in [0, 0.1) is 0 Å². The molecule has 0 spiro atoms. The van der Waals surface area contributed by atoms with Crippen LogP contribution in [0.25, 0.3) is 0 Å². The highest BCUT2D eigenvalue weighted by Crippen LogP contribution is 2.25. The predicted octanol–water partition coefficient (Wildman–Crippen LogP) is 4.72. The Labute approximate surface area is 145 Å². The van der Waals surface area contributed by atoms with E-state index >= 15 is 0 Å². The lowest BCUT2D eigenvalue weighted by Crippen LogP contribution is -2.26. The maximum atomic E-state index is 11.6. The van der Waals surface area contributed by atoms with Crippen LogP contribution in [-0.2, 0) is 11.3 Å². The summed E-state index contributed by atoms with van der Waals surface area (Å²) in [4.78, 5) is 11.6. The Balaban J connectivity index is 1.60. The highest BCUT2D eigenvalue weighted by Gasteiger charge is 2.03. The average Bonchev–Trinajstić information content (AvgIpc) is 2.56. The highest BCUT2D eigenvalue weighted by molar-refractivity contribution is 6.35. The number of alkyl carbamates (subject to hydrolysis) is 1. The quantitative estimate of drug-likeness (QED) is 0.708. The first-order chi connectivity index (χ1) is 11.1. The summed E-state index contributed by atoms with van der Waals surface area (Å²) in [7, 11) is 0. The molecule has 0 atom stereocenters. The van der Waals surface area contributed by atoms with Crippen molar-refractivity contribution in [1.82, 2.24) is 5.32 Å². The maximum absolute atomic E-state index is 11.6. The van der Waals surface area contributed by atoms with E-state index in [-0.39, 0.29) is 6.61 Å². The van der Waals surface area contributed by atoms with Crippen LogP contribution in [0.15, 0.2) is 48.5 Å². The minimum Gasteiger partial charge on any atom is -0.445 e. The Hall–Kier alpha value is -1.91. The van der Waals surface area contributed by atoms with Gasteiger partial charge in [0.2, 0.25) is 0 Å². The summed E-state index contributed by atoms with van der Waals surface area (Å²) in [6, 6.07) is 14.8. The smallest absolute Gasteiger partial charge is 0.407 e. The largest absolute Gasteiger partial charge is 0.445 e. The van der Waals surface area contributed by atoms with Gasteiger partial charge in [-0.25, -0.2) is 4.79 Å². The van der Waals surface area contributed by atoms with Crippen LogP contribution >= 0.6 is 23.2 Å². The van der Waals surface area contributed by atoms with Gasteiger partial charge in [0.1, 0.15) is 6.61 Å². The van der Waals surface area contributed by atoms with E-state index < -0.39 is 6.09 Å². The Morgan fingerprint density at radius 3 is 2.61 bits per heavy atom. The second-order valence-corrected chi connectivity index (χ2v) is 5.74. The standard InChI is InChI=1S/C17H18Cl2N2O2/c18-14-7-8-15(19)16(11-14)20-9-4-10-21-17(22)23-12-13-5-2-1-3-6-13/h1-3,5-8,11,20H,4,9-10,12H2,(H,21,22). The number of carbonyl (C=O) groups is 1. The molecule has 23 heavy (non-hydrogen) atoms. The van der Waals surface area contributed by atoms with Crippen LogP contribution in [0.3, 0.4) is 0 Å². The molecule has 0 unspecified atom stereocenters. The van der Waals surface area contributed by atoms with E-state index in [1.807, 2.05) is 30.3 Å². The molecule has 0 aliphatic rings. The minimum atomic E-state index is -0.422. The first kappa shape index (κ1) is 17.4. The Bertz CT molecular complexity index is 636. The number of hydrogen-bond acceptors (Lipinski definition) is 3. The van der Waals surface area contributed by atoms with Crippen molar-refractivity contribution >= 4 is 35.0 Å². The fourth-order valence-electron chi connectivity index (χ4n) is 1.91. The Kier molecular flexibility index (Phi) is 7.04. The molecule has 2 N–H and O–H groups in total. The zero-order chi connectivity index (χ0) is 16.5. The van der Waals surface area contributed by atoms with Gasteiger partial charge >= 0.3 is 6.09 Å². The number of ether oxygens (including phenoxy) is 1. The van der Waals surface area contributed by atoms with Crippen molar-refractivity contribution in [1.29, 1.82) is 0 Å². The van der Waals surface area contributed by atoms with Gasteiger partial charge in [0.25, 0.3) is 0 Å². The fourth-order valence-corrected chi connectivity index (χ4v) is 2.27. The van der Waals surface area contributed by atoms with Gasteiger partial charge in [-0.15, -0.1) is 0 Å². The fraction of sp³-hybridized carbons (Fsp3) is 0.235. The van der Waals surface area contributed by atoms with E-state index in [1.54, 1.807) is 18.2 Å². The number of carbonyl (C=O) groups excluding carboxylic acids is 1. The van der Waals surface area contributed by atoms with Crippen LogP contribution < -0.4 is 10.6 Å². The molecule has 2 aromatic carbocycles. The lowest BCUT2D eigenvalue weighted by Gasteiger charge is -2.10. The molecule has 0 saturated heterocycles. The molecule has 2 aromatic rings. The van der Waals surface area contributed by atoms with Crippen molar-refractivity contribution in [3.05, 3.63) is 64.1 Å². The number of anilines is 1. The molecular formula is C17H18Cl2N2O2. The van der Waals surface area contributed by atoms with Crippen molar-refractivity contribution in [3.8, 4) is 0 Å². The normalized spacial score (nSPS) is 10.2. The molecule has 0 saturated carbocycles. The number of amides is 1. The molecule has 6 heteroatoms. The van der Waals surface area contributed by atoms with E-state index in [0.29, 0.717) is 23.1 Å². The van der Waals surface area contributed by atoms with Crippen molar-refractivity contribution in [2.75, 3.05) is 18.4 Å². The average molecular weight is 353 g/mol. The van der Waals surface area contributed by atoms with Crippen LogP contribution in [0.4, 0.5) is 10.5 Å². The Morgan fingerprint density at radius 1 is 1.04 bits per heavy atom. The summed E-state index contributed by atoms with van der Waals surface area (Å²) in [5.41, 5.74) is 1.74. The van der Waals surface area contributed by atoms with Crippen LogP contribution in [0.1, 0.15) is 12.0 Å². The van der Waals surface area contributed by atoms with E-state index in [9.17, 15) is 4.79 Å². The summed E-state index contributed by atoms with van der Waals surface area (Å²) in [5.74, 6) is 0. The number of benzene rings is 2. The van der Waals surface area contributed by atoms with Gasteiger partial charge in [0.05, 0.1) is 10.7 Å².